The van der Waals surface area contributed by atoms with E-state index in [4.69, 9.17) is 0 Å². The minimum Gasteiger partial charge on any atom is -0.211 e. The molecule has 2 rings (SSSR count). The highest BCUT2D eigenvalue weighted by Crippen LogP contribution is 2.43. The van der Waals surface area contributed by atoms with Crippen LogP contribution in [0.4, 0.5) is 0 Å². The molecule has 0 aliphatic heterocycles. The fraction of sp³-hybridized carbons (Fsp3) is 0.917. The van der Waals surface area contributed by atoms with E-state index >= 15 is 0 Å². The smallest absolute Gasteiger partial charge is 0.211 e. The van der Waals surface area contributed by atoms with Crippen LogP contribution in [0.1, 0.15) is 44.9 Å². The van der Waals surface area contributed by atoms with Gasteiger partial charge in [0.25, 0.3) is 0 Å². The van der Waals surface area contributed by atoms with E-state index in [9.17, 15) is 4.79 Å². The van der Waals surface area contributed by atoms with Crippen molar-refractivity contribution in [3.63, 3.8) is 0 Å². The van der Waals surface area contributed by atoms with Gasteiger partial charge >= 0.3 is 0 Å². The Balaban J connectivity index is 1.97. The summed E-state index contributed by atoms with van der Waals surface area (Å²) in [5, 5.41) is 0. The molecule has 0 radical (unpaired) electrons. The molecule has 0 spiro atoms. The molecule has 2 aliphatic carbocycles. The van der Waals surface area contributed by atoms with Crippen LogP contribution < -0.4 is 0 Å². The number of nitrogens with zero attached hydrogens (tertiary/aromatic N) is 1. The highest BCUT2D eigenvalue weighted by atomic mass is 16.1. The first-order valence-corrected chi connectivity index (χ1v) is 5.95. The monoisotopic (exact) mass is 193 g/mol. The molecule has 0 aromatic heterocycles. The third kappa shape index (κ3) is 2.06. The molecule has 2 heteroatoms. The Hall–Kier alpha value is -0.620. The van der Waals surface area contributed by atoms with Crippen LogP contribution in [0, 0.1) is 17.8 Å². The van der Waals surface area contributed by atoms with Gasteiger partial charge in [0.1, 0.15) is 0 Å². The van der Waals surface area contributed by atoms with Crippen molar-refractivity contribution in [1.29, 1.82) is 0 Å². The van der Waals surface area contributed by atoms with Gasteiger partial charge in [-0.05, 0) is 30.6 Å². The van der Waals surface area contributed by atoms with Crippen molar-refractivity contribution in [2.24, 2.45) is 22.7 Å². The van der Waals surface area contributed by atoms with Crippen LogP contribution in [0.25, 0.3) is 0 Å². The average molecular weight is 193 g/mol. The Morgan fingerprint density at radius 2 is 1.86 bits per heavy atom. The zero-order valence-corrected chi connectivity index (χ0v) is 8.74. The molecule has 78 valence electrons. The summed E-state index contributed by atoms with van der Waals surface area (Å²) < 4.78 is 0. The van der Waals surface area contributed by atoms with E-state index in [1.54, 1.807) is 6.08 Å². The number of aliphatic imine (C=N–C) groups is 1. The summed E-state index contributed by atoms with van der Waals surface area (Å²) in [6.45, 7) is 0.741. The van der Waals surface area contributed by atoms with Gasteiger partial charge in [0, 0.05) is 0 Å². The Morgan fingerprint density at radius 3 is 2.71 bits per heavy atom. The molecule has 3 unspecified atom stereocenters. The summed E-state index contributed by atoms with van der Waals surface area (Å²) in [4.78, 5) is 13.9. The van der Waals surface area contributed by atoms with Crippen molar-refractivity contribution in [3.8, 4) is 0 Å². The van der Waals surface area contributed by atoms with Crippen LogP contribution in [-0.2, 0) is 4.79 Å². The molecule has 14 heavy (non-hydrogen) atoms. The molecule has 0 aromatic carbocycles. The molecule has 0 N–H and O–H groups in total. The summed E-state index contributed by atoms with van der Waals surface area (Å²) in [7, 11) is 0. The van der Waals surface area contributed by atoms with Gasteiger partial charge in [-0.2, -0.15) is 0 Å². The zero-order valence-electron chi connectivity index (χ0n) is 8.74. The van der Waals surface area contributed by atoms with Crippen LogP contribution >= 0.6 is 0 Å². The van der Waals surface area contributed by atoms with Crippen LogP contribution in [-0.4, -0.2) is 12.6 Å². The van der Waals surface area contributed by atoms with E-state index < -0.39 is 0 Å². The lowest BCUT2D eigenvalue weighted by Crippen LogP contribution is -2.32. The second-order valence-corrected chi connectivity index (χ2v) is 4.83. The number of fused-ring (bicyclic) bond motifs is 1. The summed E-state index contributed by atoms with van der Waals surface area (Å²) in [6.07, 6.45) is 11.4. The fourth-order valence-electron chi connectivity index (χ4n) is 3.45. The first kappa shape index (κ1) is 9.92. The SMILES string of the molecule is O=C=NCC1CCCC2CCCCC21. The van der Waals surface area contributed by atoms with Gasteiger partial charge in [-0.3, -0.25) is 0 Å². The van der Waals surface area contributed by atoms with Crippen molar-refractivity contribution in [1.82, 2.24) is 0 Å². The summed E-state index contributed by atoms with van der Waals surface area (Å²) in [5.41, 5.74) is 0. The van der Waals surface area contributed by atoms with Crippen molar-refractivity contribution in [2.75, 3.05) is 6.54 Å². The van der Waals surface area contributed by atoms with Crippen LogP contribution in [0.3, 0.4) is 0 Å². The lowest BCUT2D eigenvalue weighted by Gasteiger charge is -2.40. The number of carbonyl (C=O) groups excluding carboxylic acids is 1. The Bertz CT molecular complexity index is 230. The summed E-state index contributed by atoms with van der Waals surface area (Å²) in [5.74, 6) is 2.51. The molecule has 2 aliphatic rings. The first-order chi connectivity index (χ1) is 6.92. The molecule has 2 saturated carbocycles. The fourth-order valence-corrected chi connectivity index (χ4v) is 3.45. The largest absolute Gasteiger partial charge is 0.234 e. The van der Waals surface area contributed by atoms with E-state index in [0.717, 1.165) is 18.4 Å². The van der Waals surface area contributed by atoms with Gasteiger partial charge in [-0.25, -0.2) is 9.79 Å². The van der Waals surface area contributed by atoms with E-state index in [1.807, 2.05) is 0 Å². The predicted molar refractivity (Wildman–Crippen MR) is 55.8 cm³/mol. The number of hydrogen-bond donors (Lipinski definition) is 0. The molecule has 3 atom stereocenters. The Kier molecular flexibility index (Phi) is 3.36. The average Bonchev–Trinajstić information content (AvgIpc) is 2.26. The lowest BCUT2D eigenvalue weighted by molar-refractivity contribution is 0.109. The van der Waals surface area contributed by atoms with Gasteiger partial charge < -0.3 is 0 Å². The van der Waals surface area contributed by atoms with Crippen LogP contribution in [0.2, 0.25) is 0 Å². The normalized spacial score (nSPS) is 37.0. The molecule has 0 heterocycles. The van der Waals surface area contributed by atoms with Gasteiger partial charge in [0.15, 0.2) is 0 Å². The number of hydrogen-bond acceptors (Lipinski definition) is 2. The van der Waals surface area contributed by atoms with Crippen molar-refractivity contribution in [3.05, 3.63) is 0 Å². The molecule has 0 saturated heterocycles. The van der Waals surface area contributed by atoms with Crippen molar-refractivity contribution in [2.45, 2.75) is 44.9 Å². The maximum Gasteiger partial charge on any atom is 0.234 e. The van der Waals surface area contributed by atoms with Gasteiger partial charge in [-0.15, -0.1) is 0 Å². The van der Waals surface area contributed by atoms with Crippen molar-refractivity contribution < 1.29 is 4.79 Å². The molecule has 2 nitrogen and oxygen atoms in total. The van der Waals surface area contributed by atoms with Gasteiger partial charge in [-0.1, -0.05) is 32.1 Å². The minimum atomic E-state index is 0.690. The maximum atomic E-state index is 10.1. The van der Waals surface area contributed by atoms with Crippen LogP contribution in [0.5, 0.6) is 0 Å². The highest BCUT2D eigenvalue weighted by molar-refractivity contribution is 5.32. The predicted octanol–water partition coefficient (Wildman–Crippen LogP) is 2.93. The first-order valence-electron chi connectivity index (χ1n) is 5.95. The summed E-state index contributed by atoms with van der Waals surface area (Å²) in [6, 6.07) is 0. The number of rotatable bonds is 2. The van der Waals surface area contributed by atoms with Gasteiger partial charge in [0.2, 0.25) is 6.08 Å². The molecule has 0 amide bonds. The van der Waals surface area contributed by atoms with Crippen molar-refractivity contribution >= 4 is 6.08 Å². The Labute approximate surface area is 85.8 Å². The lowest BCUT2D eigenvalue weighted by atomic mass is 9.65. The van der Waals surface area contributed by atoms with Crippen LogP contribution in [0.15, 0.2) is 4.99 Å². The van der Waals surface area contributed by atoms with E-state index in [0.29, 0.717) is 5.92 Å². The number of isocyanates is 1. The third-order valence-corrected chi connectivity index (χ3v) is 4.11. The minimum absolute atomic E-state index is 0.690. The summed E-state index contributed by atoms with van der Waals surface area (Å²) >= 11 is 0. The quantitative estimate of drug-likeness (QED) is 0.489. The molecular formula is C12H19NO. The highest BCUT2D eigenvalue weighted by Gasteiger charge is 2.34. The standard InChI is InChI=1S/C12H19NO/c14-9-13-8-11-6-3-5-10-4-1-2-7-12(10)11/h10-12H,1-8H2. The Morgan fingerprint density at radius 1 is 1.07 bits per heavy atom. The molecular weight excluding hydrogens is 174 g/mol. The van der Waals surface area contributed by atoms with E-state index in [-0.39, 0.29) is 0 Å². The topological polar surface area (TPSA) is 29.4 Å². The second kappa shape index (κ2) is 4.75. The van der Waals surface area contributed by atoms with E-state index in [1.165, 1.54) is 44.9 Å². The third-order valence-electron chi connectivity index (χ3n) is 4.11. The van der Waals surface area contributed by atoms with Gasteiger partial charge in [0.05, 0.1) is 6.54 Å². The molecule has 2 fully saturated rings. The molecule has 0 bridgehead atoms. The van der Waals surface area contributed by atoms with E-state index in [2.05, 4.69) is 4.99 Å². The maximum absolute atomic E-state index is 10.1. The molecule has 0 aromatic rings. The zero-order chi connectivity index (χ0) is 9.80. The second-order valence-electron chi connectivity index (χ2n) is 4.83.